The Kier molecular flexibility index (Phi) is 3.57. The van der Waals surface area contributed by atoms with Crippen LogP contribution in [0, 0.1) is 6.92 Å². The summed E-state index contributed by atoms with van der Waals surface area (Å²) in [7, 11) is 0. The largest absolute Gasteiger partial charge is 0.336 e. The molecule has 3 aromatic rings. The van der Waals surface area contributed by atoms with E-state index >= 15 is 0 Å². The molecule has 1 amide bonds. The molecule has 1 aliphatic heterocycles. The van der Waals surface area contributed by atoms with Crippen LogP contribution in [0.5, 0.6) is 0 Å². The number of nitrogens with zero attached hydrogens (tertiary/aromatic N) is 5. The second kappa shape index (κ2) is 5.73. The van der Waals surface area contributed by atoms with Crippen LogP contribution >= 0.6 is 11.3 Å². The molecule has 1 fully saturated rings. The molecule has 23 heavy (non-hydrogen) atoms. The minimum atomic E-state index is 0.0290. The van der Waals surface area contributed by atoms with Gasteiger partial charge < -0.3 is 4.90 Å². The van der Waals surface area contributed by atoms with Crippen molar-refractivity contribution in [2.75, 3.05) is 13.1 Å². The minimum absolute atomic E-state index is 0.0290. The van der Waals surface area contributed by atoms with E-state index in [9.17, 15) is 4.79 Å². The lowest BCUT2D eigenvalue weighted by molar-refractivity contribution is 0.0690. The van der Waals surface area contributed by atoms with Crippen LogP contribution in [-0.2, 0) is 0 Å². The van der Waals surface area contributed by atoms with Gasteiger partial charge in [-0.15, -0.1) is 11.3 Å². The lowest BCUT2D eigenvalue weighted by Crippen LogP contribution is -2.39. The predicted molar refractivity (Wildman–Crippen MR) is 88.6 cm³/mol. The number of likely N-dealkylation sites (tertiary alicyclic amines) is 1. The maximum absolute atomic E-state index is 12.6. The van der Waals surface area contributed by atoms with Gasteiger partial charge in [0.1, 0.15) is 5.52 Å². The lowest BCUT2D eigenvalue weighted by Gasteiger charge is -2.31. The molecule has 3 aromatic heterocycles. The van der Waals surface area contributed by atoms with Crippen molar-refractivity contribution in [3.05, 3.63) is 41.4 Å². The van der Waals surface area contributed by atoms with Crippen molar-refractivity contribution in [1.82, 2.24) is 24.6 Å². The topological polar surface area (TPSA) is 63.9 Å². The van der Waals surface area contributed by atoms with Crippen molar-refractivity contribution in [3.63, 3.8) is 0 Å². The first-order chi connectivity index (χ1) is 11.2. The van der Waals surface area contributed by atoms with Crippen LogP contribution in [0.15, 0.2) is 30.9 Å². The van der Waals surface area contributed by atoms with Gasteiger partial charge in [-0.25, -0.2) is 4.98 Å². The fourth-order valence-electron chi connectivity index (χ4n) is 2.97. The Bertz CT molecular complexity index is 814. The van der Waals surface area contributed by atoms with Crippen molar-refractivity contribution in [1.29, 1.82) is 0 Å². The molecule has 0 bridgehead atoms. The van der Waals surface area contributed by atoms with Gasteiger partial charge in [-0.2, -0.15) is 5.10 Å². The molecule has 4 heterocycles. The molecule has 0 spiro atoms. The molecule has 0 unspecified atom stereocenters. The molecule has 0 N–H and O–H groups in total. The number of amides is 1. The van der Waals surface area contributed by atoms with Crippen LogP contribution in [0.4, 0.5) is 0 Å². The Morgan fingerprint density at radius 3 is 2.83 bits per heavy atom. The number of thiazole rings is 1. The van der Waals surface area contributed by atoms with E-state index in [1.165, 1.54) is 16.9 Å². The van der Waals surface area contributed by atoms with Gasteiger partial charge in [0.15, 0.2) is 5.01 Å². The predicted octanol–water partition coefficient (Wildman–Crippen LogP) is 2.67. The van der Waals surface area contributed by atoms with E-state index in [2.05, 4.69) is 21.3 Å². The summed E-state index contributed by atoms with van der Waals surface area (Å²) in [6.45, 7) is 3.54. The highest BCUT2D eigenvalue weighted by atomic mass is 32.1. The summed E-state index contributed by atoms with van der Waals surface area (Å²) in [4.78, 5) is 23.0. The van der Waals surface area contributed by atoms with E-state index in [0.717, 1.165) is 36.1 Å². The van der Waals surface area contributed by atoms with Crippen molar-refractivity contribution in [2.45, 2.75) is 25.8 Å². The first-order valence-electron chi connectivity index (χ1n) is 7.71. The summed E-state index contributed by atoms with van der Waals surface area (Å²) >= 11 is 1.44. The molecule has 7 heteroatoms. The molecule has 0 radical (unpaired) electrons. The molecular formula is C16H17N5OS. The molecule has 0 saturated carbocycles. The molecule has 0 atom stereocenters. The number of pyridine rings is 1. The van der Waals surface area contributed by atoms with Gasteiger partial charge in [-0.3, -0.25) is 14.5 Å². The highest BCUT2D eigenvalue weighted by Crippen LogP contribution is 2.26. The fourth-order valence-corrected chi connectivity index (χ4v) is 3.87. The van der Waals surface area contributed by atoms with Gasteiger partial charge in [0.2, 0.25) is 0 Å². The minimum Gasteiger partial charge on any atom is -0.336 e. The third-order valence-corrected chi connectivity index (χ3v) is 5.25. The summed E-state index contributed by atoms with van der Waals surface area (Å²) in [5, 5.41) is 4.95. The normalized spacial score (nSPS) is 16.1. The zero-order valence-electron chi connectivity index (χ0n) is 12.8. The highest BCUT2D eigenvalue weighted by molar-refractivity contribution is 7.20. The van der Waals surface area contributed by atoms with Gasteiger partial charge in [0, 0.05) is 25.5 Å². The Morgan fingerprint density at radius 2 is 2.13 bits per heavy atom. The van der Waals surface area contributed by atoms with Gasteiger partial charge >= 0.3 is 0 Å². The van der Waals surface area contributed by atoms with Gasteiger partial charge in [-0.1, -0.05) is 0 Å². The van der Waals surface area contributed by atoms with Crippen molar-refractivity contribution >= 4 is 27.5 Å². The molecule has 0 aromatic carbocycles. The van der Waals surface area contributed by atoms with Gasteiger partial charge in [0.25, 0.3) is 5.91 Å². The smallest absolute Gasteiger partial charge is 0.282 e. The summed E-state index contributed by atoms with van der Waals surface area (Å²) in [5.41, 5.74) is 1.97. The van der Waals surface area contributed by atoms with Crippen LogP contribution in [0.25, 0.3) is 10.2 Å². The maximum atomic E-state index is 12.6. The Morgan fingerprint density at radius 1 is 1.30 bits per heavy atom. The van der Waals surface area contributed by atoms with Gasteiger partial charge in [-0.05, 0) is 31.4 Å². The average Bonchev–Trinajstić information content (AvgIpc) is 3.20. The molecule has 0 aliphatic carbocycles. The first-order valence-corrected chi connectivity index (χ1v) is 8.53. The van der Waals surface area contributed by atoms with Crippen LogP contribution in [0.1, 0.15) is 34.2 Å². The number of carbonyl (C=O) groups is 1. The Labute approximate surface area is 137 Å². The van der Waals surface area contributed by atoms with Crippen molar-refractivity contribution < 1.29 is 4.79 Å². The number of hydrogen-bond donors (Lipinski definition) is 0. The Balaban J connectivity index is 1.46. The highest BCUT2D eigenvalue weighted by Gasteiger charge is 2.26. The summed E-state index contributed by atoms with van der Waals surface area (Å²) in [6, 6.07) is 2.28. The van der Waals surface area contributed by atoms with Crippen LogP contribution in [0.3, 0.4) is 0 Å². The number of fused-ring (bicyclic) bond motifs is 1. The van der Waals surface area contributed by atoms with E-state index in [4.69, 9.17) is 0 Å². The summed E-state index contributed by atoms with van der Waals surface area (Å²) in [6.07, 6.45) is 9.25. The molecule has 6 nitrogen and oxygen atoms in total. The molecule has 118 valence electrons. The molecule has 4 rings (SSSR count). The van der Waals surface area contributed by atoms with E-state index in [0.29, 0.717) is 11.0 Å². The van der Waals surface area contributed by atoms with E-state index < -0.39 is 0 Å². The molecular weight excluding hydrogens is 310 g/mol. The number of aryl methyl sites for hydroxylation is 1. The van der Waals surface area contributed by atoms with Crippen molar-refractivity contribution in [2.24, 2.45) is 0 Å². The van der Waals surface area contributed by atoms with Crippen LogP contribution < -0.4 is 0 Å². The van der Waals surface area contributed by atoms with E-state index in [1.807, 2.05) is 28.8 Å². The third-order valence-electron chi connectivity index (χ3n) is 4.23. The number of rotatable bonds is 2. The first kappa shape index (κ1) is 14.3. The molecule has 1 aliphatic rings. The number of aromatic nitrogens is 4. The van der Waals surface area contributed by atoms with Crippen molar-refractivity contribution in [3.8, 4) is 0 Å². The van der Waals surface area contributed by atoms with Crippen LogP contribution in [0.2, 0.25) is 0 Å². The summed E-state index contributed by atoms with van der Waals surface area (Å²) in [5.74, 6) is 0.0290. The zero-order chi connectivity index (χ0) is 15.8. The second-order valence-corrected chi connectivity index (χ2v) is 6.91. The summed E-state index contributed by atoms with van der Waals surface area (Å²) < 4.78 is 3.03. The molecule has 1 saturated heterocycles. The number of hydrogen-bond acceptors (Lipinski definition) is 5. The monoisotopic (exact) mass is 327 g/mol. The van der Waals surface area contributed by atoms with Gasteiger partial charge in [0.05, 0.1) is 23.1 Å². The van der Waals surface area contributed by atoms with E-state index in [-0.39, 0.29) is 5.91 Å². The Hall–Kier alpha value is -2.28. The quantitative estimate of drug-likeness (QED) is 0.726. The maximum Gasteiger partial charge on any atom is 0.282 e. The second-order valence-electron chi connectivity index (χ2n) is 5.88. The number of piperidine rings is 1. The van der Waals surface area contributed by atoms with Crippen LogP contribution in [-0.4, -0.2) is 43.6 Å². The lowest BCUT2D eigenvalue weighted by atomic mass is 10.1. The fraction of sp³-hybridized carbons (Fsp3) is 0.375. The number of carbonyl (C=O) groups excluding carboxylic acids is 1. The third kappa shape index (κ3) is 2.72. The zero-order valence-corrected chi connectivity index (χ0v) is 13.7. The van der Waals surface area contributed by atoms with E-state index in [1.54, 1.807) is 12.4 Å². The average molecular weight is 327 g/mol. The standard InChI is InChI=1S/C16H17N5OS/c1-11-8-18-21(10-11)12-3-6-20(7-4-12)16(22)15-19-13-9-17-5-2-14(13)23-15/h2,5,8-10,12H,3-4,6-7H2,1H3. The SMILES string of the molecule is Cc1cnn(C2CCN(C(=O)c3nc4cnccc4s3)CC2)c1.